The zero-order valence-corrected chi connectivity index (χ0v) is 25.4. The van der Waals surface area contributed by atoms with Crippen LogP contribution in [0.25, 0.3) is 10.8 Å². The van der Waals surface area contributed by atoms with Gasteiger partial charge in [0, 0.05) is 54.6 Å². The summed E-state index contributed by atoms with van der Waals surface area (Å²) in [5.41, 5.74) is 0.986. The van der Waals surface area contributed by atoms with E-state index >= 15 is 0 Å². The molecule has 0 spiro atoms. The molecule has 0 radical (unpaired) electrons. The molecule has 2 aliphatic heterocycles. The van der Waals surface area contributed by atoms with Crippen molar-refractivity contribution in [2.24, 2.45) is 0 Å². The van der Waals surface area contributed by atoms with Crippen LogP contribution in [0, 0.1) is 0 Å². The smallest absolute Gasteiger partial charge is 0.241 e. The van der Waals surface area contributed by atoms with Crippen molar-refractivity contribution in [3.05, 3.63) is 57.0 Å². The minimum Gasteiger partial charge on any atom is -0.339 e. The molecule has 2 aliphatic rings. The molecule has 1 saturated heterocycles. The molecule has 5 rings (SSSR count). The molecule has 1 aromatic heterocycles. The molecule has 1 atom stereocenters. The van der Waals surface area contributed by atoms with Gasteiger partial charge in [0.1, 0.15) is 11.0 Å². The number of amides is 1. The Morgan fingerprint density at radius 3 is 2.62 bits per heavy atom. The van der Waals surface area contributed by atoms with E-state index in [0.29, 0.717) is 5.02 Å². The summed E-state index contributed by atoms with van der Waals surface area (Å²) in [5, 5.41) is 9.56. The van der Waals surface area contributed by atoms with Gasteiger partial charge in [0.05, 0.1) is 22.1 Å². The van der Waals surface area contributed by atoms with Crippen LogP contribution in [-0.2, 0) is 44.2 Å². The molecule has 0 saturated carbocycles. The first-order valence-corrected chi connectivity index (χ1v) is 17.4. The van der Waals surface area contributed by atoms with Crippen molar-refractivity contribution in [1.82, 2.24) is 25.2 Å². The molecule has 10 nitrogen and oxygen atoms in total. The van der Waals surface area contributed by atoms with Crippen LogP contribution in [0.1, 0.15) is 29.4 Å². The summed E-state index contributed by atoms with van der Waals surface area (Å²) in [5.74, 6) is -0.574. The molecule has 40 heavy (non-hydrogen) atoms. The Bertz CT molecular complexity index is 1640. The Morgan fingerprint density at radius 2 is 1.88 bits per heavy atom. The molecular weight excluding hydrogens is 594 g/mol. The Kier molecular flexibility index (Phi) is 8.28. The van der Waals surface area contributed by atoms with Crippen molar-refractivity contribution in [1.29, 1.82) is 0 Å². The first-order chi connectivity index (χ1) is 18.8. The van der Waals surface area contributed by atoms with E-state index in [-0.39, 0.29) is 54.0 Å². The number of hydrogen-bond acceptors (Lipinski definition) is 9. The second kappa shape index (κ2) is 11.3. The zero-order valence-electron chi connectivity index (χ0n) is 22.2. The number of sulfonamides is 1. The second-order valence-electron chi connectivity index (χ2n) is 10.8. The van der Waals surface area contributed by atoms with Crippen molar-refractivity contribution in [2.75, 3.05) is 31.1 Å². The highest BCUT2D eigenvalue weighted by molar-refractivity contribution is 7.91. The topological polar surface area (TPSA) is 138 Å². The molecule has 3 N–H and O–H groups in total. The number of carbonyl (C=O) groups is 1. The summed E-state index contributed by atoms with van der Waals surface area (Å²) in [4.78, 5) is 20.9. The number of benzene rings is 2. The number of halogens is 1. The van der Waals surface area contributed by atoms with E-state index in [1.807, 2.05) is 0 Å². The lowest BCUT2D eigenvalue weighted by Crippen LogP contribution is -2.55. The standard InChI is InChI=1S/C26H32ClN5O5S3/c1-26(2)13-21-23(15-29-26)38-24(31-21)16-28-22(25(33)32-7-9-39(34,35)10-8-32)14-30-40(36,37)20-6-4-17-11-19(27)5-3-18(17)12-20/h3-6,11-12,22,28-30H,7-10,13-16H2,1-2H3. The van der Waals surface area contributed by atoms with E-state index in [2.05, 4.69) is 29.2 Å². The third-order valence-corrected chi connectivity index (χ3v) is 11.5. The van der Waals surface area contributed by atoms with Gasteiger partial charge in [0.25, 0.3) is 0 Å². The molecular formula is C26H32ClN5O5S3. The summed E-state index contributed by atoms with van der Waals surface area (Å²) in [6, 6.07) is 9.03. The minimum atomic E-state index is -3.95. The van der Waals surface area contributed by atoms with Crippen LogP contribution in [0.4, 0.5) is 0 Å². The van der Waals surface area contributed by atoms with Crippen molar-refractivity contribution in [2.45, 2.75) is 49.8 Å². The highest BCUT2D eigenvalue weighted by Gasteiger charge is 2.32. The van der Waals surface area contributed by atoms with Gasteiger partial charge in [-0.1, -0.05) is 23.7 Å². The van der Waals surface area contributed by atoms with Crippen LogP contribution >= 0.6 is 22.9 Å². The normalized spacial score (nSPS) is 19.3. The maximum absolute atomic E-state index is 13.5. The summed E-state index contributed by atoms with van der Waals surface area (Å²) in [6.45, 7) is 5.19. The molecule has 0 aliphatic carbocycles. The van der Waals surface area contributed by atoms with E-state index in [1.165, 1.54) is 11.0 Å². The average molecular weight is 626 g/mol. The van der Waals surface area contributed by atoms with Gasteiger partial charge in [-0.05, 0) is 48.9 Å². The number of fused-ring (bicyclic) bond motifs is 2. The Hall–Kier alpha value is -2.13. The van der Waals surface area contributed by atoms with Crippen molar-refractivity contribution < 1.29 is 21.6 Å². The molecule has 1 fully saturated rings. The fourth-order valence-corrected chi connectivity index (χ4v) is 8.28. The van der Waals surface area contributed by atoms with Gasteiger partial charge in [-0.3, -0.25) is 10.1 Å². The predicted octanol–water partition coefficient (Wildman–Crippen LogP) is 2.07. The van der Waals surface area contributed by atoms with Crippen molar-refractivity contribution >= 4 is 59.5 Å². The van der Waals surface area contributed by atoms with Gasteiger partial charge in [0.2, 0.25) is 15.9 Å². The van der Waals surface area contributed by atoms with Gasteiger partial charge in [-0.2, -0.15) is 0 Å². The molecule has 1 unspecified atom stereocenters. The predicted molar refractivity (Wildman–Crippen MR) is 157 cm³/mol. The molecule has 14 heteroatoms. The van der Waals surface area contributed by atoms with E-state index in [4.69, 9.17) is 16.6 Å². The Morgan fingerprint density at radius 1 is 1.18 bits per heavy atom. The molecule has 0 bridgehead atoms. The lowest BCUT2D eigenvalue weighted by Gasteiger charge is -2.30. The van der Waals surface area contributed by atoms with Crippen molar-refractivity contribution in [3.8, 4) is 0 Å². The largest absolute Gasteiger partial charge is 0.339 e. The first kappa shape index (κ1) is 29.4. The highest BCUT2D eigenvalue weighted by atomic mass is 35.5. The van der Waals surface area contributed by atoms with Crippen LogP contribution in [0.15, 0.2) is 41.3 Å². The van der Waals surface area contributed by atoms with Crippen LogP contribution < -0.4 is 15.4 Å². The number of nitrogens with zero attached hydrogens (tertiary/aromatic N) is 2. The fraction of sp³-hybridized carbons (Fsp3) is 0.462. The van der Waals surface area contributed by atoms with E-state index in [0.717, 1.165) is 39.3 Å². The van der Waals surface area contributed by atoms with Crippen LogP contribution in [0.2, 0.25) is 5.02 Å². The highest BCUT2D eigenvalue weighted by Crippen LogP contribution is 2.27. The number of carbonyl (C=O) groups excluding carboxylic acids is 1. The third-order valence-electron chi connectivity index (χ3n) is 7.17. The number of aromatic nitrogens is 1. The Balaban J connectivity index is 1.32. The van der Waals surface area contributed by atoms with Gasteiger partial charge in [-0.15, -0.1) is 11.3 Å². The third kappa shape index (κ3) is 6.84. The molecule has 2 aromatic carbocycles. The fourth-order valence-electron chi connectivity index (χ4n) is 4.84. The molecule has 3 heterocycles. The van der Waals surface area contributed by atoms with E-state index < -0.39 is 25.9 Å². The molecule has 1 amide bonds. The lowest BCUT2D eigenvalue weighted by atomic mass is 9.94. The number of hydrogen-bond donors (Lipinski definition) is 3. The molecule has 216 valence electrons. The maximum Gasteiger partial charge on any atom is 0.241 e. The average Bonchev–Trinajstić information content (AvgIpc) is 3.28. The van der Waals surface area contributed by atoms with Crippen molar-refractivity contribution in [3.63, 3.8) is 0 Å². The van der Waals surface area contributed by atoms with Gasteiger partial charge >= 0.3 is 0 Å². The van der Waals surface area contributed by atoms with Gasteiger partial charge in [-0.25, -0.2) is 26.5 Å². The zero-order chi connectivity index (χ0) is 28.7. The number of thiazole rings is 1. The molecule has 3 aromatic rings. The second-order valence-corrected chi connectivity index (χ2v) is 16.5. The summed E-state index contributed by atoms with van der Waals surface area (Å²) >= 11 is 7.60. The van der Waals surface area contributed by atoms with Crippen LogP contribution in [0.3, 0.4) is 0 Å². The number of rotatable bonds is 8. The number of nitrogens with one attached hydrogen (secondary N) is 3. The summed E-state index contributed by atoms with van der Waals surface area (Å²) in [6.07, 6.45) is 0.793. The van der Waals surface area contributed by atoms with Crippen LogP contribution in [-0.4, -0.2) is 75.3 Å². The first-order valence-electron chi connectivity index (χ1n) is 12.9. The van der Waals surface area contributed by atoms with E-state index in [9.17, 15) is 21.6 Å². The monoisotopic (exact) mass is 625 g/mol. The van der Waals surface area contributed by atoms with Gasteiger partial charge in [0.15, 0.2) is 9.84 Å². The van der Waals surface area contributed by atoms with Crippen LogP contribution in [0.5, 0.6) is 0 Å². The summed E-state index contributed by atoms with van der Waals surface area (Å²) < 4.78 is 52.8. The van der Waals surface area contributed by atoms with E-state index in [1.54, 1.807) is 41.7 Å². The quantitative estimate of drug-likeness (QED) is 0.346. The summed E-state index contributed by atoms with van der Waals surface area (Å²) in [7, 11) is -7.13. The SMILES string of the molecule is CC1(C)Cc2nc(CNC(CNS(=O)(=O)c3ccc4cc(Cl)ccc4c3)C(=O)N3CCS(=O)(=O)CC3)sc2CN1. The minimum absolute atomic E-state index is 0.0494. The Labute approximate surface area is 243 Å². The maximum atomic E-state index is 13.5. The lowest BCUT2D eigenvalue weighted by molar-refractivity contribution is -0.133. The van der Waals surface area contributed by atoms with Gasteiger partial charge < -0.3 is 10.2 Å². The number of sulfone groups is 1.